The minimum Gasteiger partial charge on any atom is -0.467 e. The van der Waals surface area contributed by atoms with Gasteiger partial charge in [0.2, 0.25) is 5.95 Å². The maximum Gasteiger partial charge on any atom is 0.324 e. The smallest absolute Gasteiger partial charge is 0.324 e. The molecule has 1 atom stereocenters. The van der Waals surface area contributed by atoms with Crippen molar-refractivity contribution in [2.24, 2.45) is 0 Å². The molecule has 1 unspecified atom stereocenters. The monoisotopic (exact) mass is 279 g/mol. The van der Waals surface area contributed by atoms with Crippen LogP contribution in [0.1, 0.15) is 30.0 Å². The highest BCUT2D eigenvalue weighted by atomic mass is 16.5. The summed E-state index contributed by atoms with van der Waals surface area (Å²) in [5.41, 5.74) is 1.80. The Balaban J connectivity index is 2.25. The highest BCUT2D eigenvalue weighted by Crippen LogP contribution is 2.24. The highest BCUT2D eigenvalue weighted by molar-refractivity contribution is 5.35. The molecule has 8 nitrogen and oxygen atoms in total. The molecule has 2 aromatic rings. The van der Waals surface area contributed by atoms with Gasteiger partial charge in [-0.3, -0.25) is 0 Å². The van der Waals surface area contributed by atoms with Gasteiger partial charge in [-0.05, 0) is 20.8 Å². The summed E-state index contributed by atoms with van der Waals surface area (Å²) in [7, 11) is 2.96. The van der Waals surface area contributed by atoms with Gasteiger partial charge in [-0.2, -0.15) is 9.97 Å². The van der Waals surface area contributed by atoms with Crippen molar-refractivity contribution in [1.29, 1.82) is 0 Å². The molecule has 0 aliphatic rings. The summed E-state index contributed by atoms with van der Waals surface area (Å²) in [6.07, 6.45) is 0. The number of nitrogens with one attached hydrogen (secondary N) is 1. The second-order valence-electron chi connectivity index (χ2n) is 4.24. The Morgan fingerprint density at radius 3 is 2.10 bits per heavy atom. The van der Waals surface area contributed by atoms with Gasteiger partial charge < -0.3 is 19.3 Å². The maximum atomic E-state index is 5.15. The lowest BCUT2D eigenvalue weighted by atomic mass is 10.1. The molecule has 0 amide bonds. The van der Waals surface area contributed by atoms with Crippen LogP contribution in [0.3, 0.4) is 0 Å². The van der Waals surface area contributed by atoms with Crippen LogP contribution in [-0.2, 0) is 0 Å². The fourth-order valence-electron chi connectivity index (χ4n) is 1.96. The van der Waals surface area contributed by atoms with Crippen LogP contribution in [0, 0.1) is 13.8 Å². The van der Waals surface area contributed by atoms with E-state index in [1.54, 1.807) is 0 Å². The molecule has 20 heavy (non-hydrogen) atoms. The second-order valence-corrected chi connectivity index (χ2v) is 4.24. The molecule has 1 N–H and O–H groups in total. The second kappa shape index (κ2) is 5.72. The number of ether oxygens (including phenoxy) is 2. The van der Waals surface area contributed by atoms with E-state index in [0.29, 0.717) is 5.95 Å². The van der Waals surface area contributed by atoms with E-state index in [4.69, 9.17) is 14.0 Å². The van der Waals surface area contributed by atoms with Crippen LogP contribution < -0.4 is 14.8 Å². The Bertz CT molecular complexity index is 557. The summed E-state index contributed by atoms with van der Waals surface area (Å²) in [6.45, 7) is 5.72. The van der Waals surface area contributed by atoms with E-state index < -0.39 is 0 Å². The van der Waals surface area contributed by atoms with Crippen molar-refractivity contribution >= 4 is 5.95 Å². The molecule has 0 saturated heterocycles. The Morgan fingerprint density at radius 2 is 1.65 bits per heavy atom. The molecular formula is C12H17N5O3. The molecule has 2 rings (SSSR count). The lowest BCUT2D eigenvalue weighted by molar-refractivity contribution is 0.341. The van der Waals surface area contributed by atoms with Crippen molar-refractivity contribution in [3.05, 3.63) is 17.0 Å². The Morgan fingerprint density at radius 1 is 1.05 bits per heavy atom. The van der Waals surface area contributed by atoms with Gasteiger partial charge in [0.05, 0.1) is 26.0 Å². The van der Waals surface area contributed by atoms with Gasteiger partial charge in [0.15, 0.2) is 0 Å². The first-order chi connectivity index (χ1) is 9.55. The molecule has 0 saturated carbocycles. The molecular weight excluding hydrogens is 262 g/mol. The van der Waals surface area contributed by atoms with E-state index in [-0.39, 0.29) is 18.1 Å². The molecule has 108 valence electrons. The zero-order chi connectivity index (χ0) is 14.7. The van der Waals surface area contributed by atoms with Gasteiger partial charge in [0, 0.05) is 5.56 Å². The van der Waals surface area contributed by atoms with E-state index in [9.17, 15) is 0 Å². The predicted molar refractivity (Wildman–Crippen MR) is 70.9 cm³/mol. The van der Waals surface area contributed by atoms with E-state index in [0.717, 1.165) is 17.0 Å². The summed E-state index contributed by atoms with van der Waals surface area (Å²) in [5, 5.41) is 7.08. The van der Waals surface area contributed by atoms with E-state index >= 15 is 0 Å². The molecule has 2 aromatic heterocycles. The third-order valence-electron chi connectivity index (χ3n) is 2.83. The Labute approximate surface area is 116 Å². The molecule has 0 aliphatic heterocycles. The summed E-state index contributed by atoms with van der Waals surface area (Å²) in [6, 6.07) is 0.300. The third-order valence-corrected chi connectivity index (χ3v) is 2.83. The SMILES string of the molecule is COc1nc(NC(C)c2c(C)noc2C)nc(OC)n1. The summed E-state index contributed by atoms with van der Waals surface area (Å²) >= 11 is 0. The number of nitrogens with zero attached hydrogens (tertiary/aromatic N) is 4. The minimum atomic E-state index is -0.0712. The van der Waals surface area contributed by atoms with Crippen molar-refractivity contribution in [2.45, 2.75) is 26.8 Å². The minimum absolute atomic E-state index is 0.0712. The van der Waals surface area contributed by atoms with Crippen LogP contribution in [-0.4, -0.2) is 34.3 Å². The number of hydrogen-bond donors (Lipinski definition) is 1. The number of aromatic nitrogens is 4. The van der Waals surface area contributed by atoms with Gasteiger partial charge >= 0.3 is 12.0 Å². The zero-order valence-corrected chi connectivity index (χ0v) is 12.1. The van der Waals surface area contributed by atoms with Crippen LogP contribution >= 0.6 is 0 Å². The molecule has 0 aromatic carbocycles. The average molecular weight is 279 g/mol. The molecule has 8 heteroatoms. The van der Waals surface area contributed by atoms with E-state index in [1.165, 1.54) is 14.2 Å². The molecule has 0 spiro atoms. The first kappa shape index (κ1) is 14.0. The zero-order valence-electron chi connectivity index (χ0n) is 12.1. The Hall–Kier alpha value is -2.38. The summed E-state index contributed by atoms with van der Waals surface area (Å²) < 4.78 is 15.2. The highest BCUT2D eigenvalue weighted by Gasteiger charge is 2.18. The fraction of sp³-hybridized carbons (Fsp3) is 0.500. The van der Waals surface area contributed by atoms with Crippen molar-refractivity contribution in [3.8, 4) is 12.0 Å². The maximum absolute atomic E-state index is 5.15. The number of anilines is 1. The normalized spacial score (nSPS) is 12.1. The van der Waals surface area contributed by atoms with Crippen molar-refractivity contribution in [2.75, 3.05) is 19.5 Å². The average Bonchev–Trinajstić information content (AvgIpc) is 2.77. The van der Waals surface area contributed by atoms with E-state index in [1.807, 2.05) is 20.8 Å². The number of methoxy groups -OCH3 is 2. The van der Waals surface area contributed by atoms with Gasteiger partial charge in [-0.15, -0.1) is 4.98 Å². The lowest BCUT2D eigenvalue weighted by Gasteiger charge is -2.14. The molecule has 0 fully saturated rings. The topological polar surface area (TPSA) is 95.2 Å². The molecule has 0 aliphatic carbocycles. The number of hydrogen-bond acceptors (Lipinski definition) is 8. The van der Waals surface area contributed by atoms with Crippen LogP contribution in [0.2, 0.25) is 0 Å². The van der Waals surface area contributed by atoms with Crippen molar-refractivity contribution in [1.82, 2.24) is 20.1 Å². The van der Waals surface area contributed by atoms with Crippen LogP contribution in [0.25, 0.3) is 0 Å². The van der Waals surface area contributed by atoms with Crippen molar-refractivity contribution in [3.63, 3.8) is 0 Å². The summed E-state index contributed by atoms with van der Waals surface area (Å²) in [4.78, 5) is 12.2. The van der Waals surface area contributed by atoms with E-state index in [2.05, 4.69) is 25.4 Å². The number of aryl methyl sites for hydroxylation is 2. The van der Waals surface area contributed by atoms with Crippen LogP contribution in [0.4, 0.5) is 5.95 Å². The standard InChI is InChI=1S/C12H17N5O3/c1-6(9-7(2)17-20-8(9)3)13-10-14-11(18-4)16-12(15-10)19-5/h6H,1-5H3,(H,13,14,15,16). The Kier molecular flexibility index (Phi) is 4.02. The first-order valence-electron chi connectivity index (χ1n) is 6.08. The largest absolute Gasteiger partial charge is 0.467 e. The van der Waals surface area contributed by atoms with Crippen LogP contribution in [0.15, 0.2) is 4.52 Å². The van der Waals surface area contributed by atoms with Gasteiger partial charge in [-0.25, -0.2) is 0 Å². The number of rotatable bonds is 5. The fourth-order valence-corrected chi connectivity index (χ4v) is 1.96. The molecule has 2 heterocycles. The van der Waals surface area contributed by atoms with Crippen molar-refractivity contribution < 1.29 is 14.0 Å². The quantitative estimate of drug-likeness (QED) is 0.883. The lowest BCUT2D eigenvalue weighted by Crippen LogP contribution is -2.12. The van der Waals surface area contributed by atoms with Crippen LogP contribution in [0.5, 0.6) is 12.0 Å². The third kappa shape index (κ3) is 2.79. The first-order valence-corrected chi connectivity index (χ1v) is 6.08. The van der Waals surface area contributed by atoms with Gasteiger partial charge in [0.1, 0.15) is 5.76 Å². The van der Waals surface area contributed by atoms with Gasteiger partial charge in [-0.1, -0.05) is 5.16 Å². The van der Waals surface area contributed by atoms with Gasteiger partial charge in [0.25, 0.3) is 0 Å². The molecule has 0 bridgehead atoms. The molecule has 0 radical (unpaired) electrons. The predicted octanol–water partition coefficient (Wildman–Crippen LogP) is 1.67. The summed E-state index contributed by atoms with van der Waals surface area (Å²) in [5.74, 6) is 1.12.